The minimum absolute atomic E-state index is 0.109. The number of nitrogens with zero attached hydrogens (tertiary/aromatic N) is 2. The van der Waals surface area contributed by atoms with E-state index in [-0.39, 0.29) is 23.3 Å². The molecule has 38 heavy (non-hydrogen) atoms. The molecule has 0 radical (unpaired) electrons. The Morgan fingerprint density at radius 1 is 0.974 bits per heavy atom. The van der Waals surface area contributed by atoms with Crippen molar-refractivity contribution in [1.82, 2.24) is 9.47 Å². The number of fused-ring (bicyclic) bond motifs is 1. The minimum atomic E-state index is -0.233. The van der Waals surface area contributed by atoms with Crippen LogP contribution in [0.15, 0.2) is 90.0 Å². The van der Waals surface area contributed by atoms with Crippen LogP contribution in [0.5, 0.6) is 0 Å². The average molecular weight is 526 g/mol. The second-order valence-corrected chi connectivity index (χ2v) is 11.5. The molecule has 1 unspecified atom stereocenters. The number of hydrogen-bond acceptors (Lipinski definition) is 3. The number of hydrogen-bond donors (Lipinski definition) is 1. The highest BCUT2D eigenvalue weighted by Gasteiger charge is 2.43. The van der Waals surface area contributed by atoms with E-state index in [1.807, 2.05) is 42.5 Å². The maximum absolute atomic E-state index is 14.0. The van der Waals surface area contributed by atoms with E-state index in [2.05, 4.69) is 58.2 Å². The number of para-hydroxylation sites is 2. The van der Waals surface area contributed by atoms with Gasteiger partial charge in [-0.3, -0.25) is 4.79 Å². The van der Waals surface area contributed by atoms with Crippen LogP contribution in [0, 0.1) is 11.7 Å². The van der Waals surface area contributed by atoms with Crippen LogP contribution < -0.4 is 5.32 Å². The molecule has 1 N–H and O–H groups in total. The molecule has 194 valence electrons. The summed E-state index contributed by atoms with van der Waals surface area (Å²) in [4.78, 5) is 16.8. The third kappa shape index (κ3) is 4.97. The lowest BCUT2D eigenvalue weighted by Gasteiger charge is -2.39. The zero-order valence-corrected chi connectivity index (χ0v) is 22.3. The Bertz CT molecular complexity index is 1460. The zero-order chi connectivity index (χ0) is 26.1. The topological polar surface area (TPSA) is 37.3 Å². The number of anilines is 1. The Hall–Kier alpha value is -3.51. The van der Waals surface area contributed by atoms with Crippen LogP contribution in [0.2, 0.25) is 0 Å². The fourth-order valence-electron chi connectivity index (χ4n) is 5.82. The van der Waals surface area contributed by atoms with E-state index in [0.717, 1.165) is 51.9 Å². The maximum Gasteiger partial charge on any atom is 0.262 e. The summed E-state index contributed by atoms with van der Waals surface area (Å²) in [7, 11) is 0. The molecule has 3 atom stereocenters. The van der Waals surface area contributed by atoms with E-state index in [0.29, 0.717) is 12.5 Å². The van der Waals surface area contributed by atoms with Crippen LogP contribution in [0.25, 0.3) is 17.0 Å². The van der Waals surface area contributed by atoms with Gasteiger partial charge >= 0.3 is 0 Å². The van der Waals surface area contributed by atoms with Gasteiger partial charge in [-0.2, -0.15) is 0 Å². The molecular formula is C32H32FN3OS. The number of benzene rings is 3. The molecule has 1 saturated heterocycles. The van der Waals surface area contributed by atoms with E-state index in [9.17, 15) is 9.18 Å². The molecule has 6 heteroatoms. The summed E-state index contributed by atoms with van der Waals surface area (Å²) in [6.07, 6.45) is 8.78. The van der Waals surface area contributed by atoms with Crippen molar-refractivity contribution in [2.45, 2.75) is 50.7 Å². The lowest BCUT2D eigenvalue weighted by Crippen LogP contribution is -2.48. The van der Waals surface area contributed by atoms with E-state index in [1.54, 1.807) is 11.8 Å². The summed E-state index contributed by atoms with van der Waals surface area (Å²) in [5.74, 6) is 0.353. The predicted octanol–water partition coefficient (Wildman–Crippen LogP) is 7.72. The fraction of sp³-hybridized carbons (Fsp3) is 0.281. The lowest BCUT2D eigenvalue weighted by atomic mass is 9.85. The van der Waals surface area contributed by atoms with Gasteiger partial charge in [-0.05, 0) is 60.7 Å². The Morgan fingerprint density at radius 2 is 1.71 bits per heavy atom. The number of halogens is 1. The Balaban J connectivity index is 1.35. The van der Waals surface area contributed by atoms with Gasteiger partial charge in [-0.1, -0.05) is 80.1 Å². The van der Waals surface area contributed by atoms with Crippen molar-refractivity contribution in [3.63, 3.8) is 0 Å². The first kappa shape index (κ1) is 24.8. The van der Waals surface area contributed by atoms with E-state index >= 15 is 0 Å². The zero-order valence-electron chi connectivity index (χ0n) is 21.5. The molecule has 2 heterocycles. The van der Waals surface area contributed by atoms with Gasteiger partial charge in [0.2, 0.25) is 0 Å². The van der Waals surface area contributed by atoms with Gasteiger partial charge in [0.05, 0.1) is 4.91 Å². The van der Waals surface area contributed by atoms with E-state index in [1.165, 1.54) is 18.6 Å². The summed E-state index contributed by atoms with van der Waals surface area (Å²) in [6.45, 7) is 2.92. The number of carbonyl (C=O) groups is 1. The van der Waals surface area contributed by atoms with Crippen LogP contribution in [-0.4, -0.2) is 26.9 Å². The normalized spacial score (nSPS) is 22.9. The highest BCUT2D eigenvalue weighted by Crippen LogP contribution is 2.42. The molecule has 4 aromatic rings. The Labute approximate surface area is 227 Å². The molecule has 1 aromatic heterocycles. The van der Waals surface area contributed by atoms with Gasteiger partial charge in [0, 0.05) is 40.9 Å². The third-order valence-electron chi connectivity index (χ3n) is 7.80. The molecule has 2 aliphatic rings. The standard InChI is InChI=1S/C32H32FN3OS/c1-22-9-5-7-13-28(22)36-31(37)30(38-32(36)34-26-10-3-2-4-11-26)19-24-21-35(29-14-8-6-12-27(24)29)20-23-15-17-25(33)18-16-23/h2-4,6,8,10-12,14-19,21-22,28,32,34H,5,7,9,13,20H2,1H3/b30-19-/t22-,28+,32?/m0/s1. The van der Waals surface area contributed by atoms with Crippen molar-refractivity contribution >= 4 is 40.3 Å². The van der Waals surface area contributed by atoms with Gasteiger partial charge in [0.25, 0.3) is 5.91 Å². The summed E-state index contributed by atoms with van der Waals surface area (Å²) in [6, 6.07) is 25.3. The molecule has 4 nitrogen and oxygen atoms in total. The first-order valence-electron chi connectivity index (χ1n) is 13.4. The molecule has 1 amide bonds. The average Bonchev–Trinajstić information content (AvgIpc) is 3.43. The number of aromatic nitrogens is 1. The van der Waals surface area contributed by atoms with E-state index in [4.69, 9.17) is 0 Å². The smallest absolute Gasteiger partial charge is 0.262 e. The Morgan fingerprint density at radius 3 is 2.50 bits per heavy atom. The van der Waals surface area contributed by atoms with Crippen molar-refractivity contribution in [2.24, 2.45) is 5.92 Å². The fourth-order valence-corrected chi connectivity index (χ4v) is 7.02. The van der Waals surface area contributed by atoms with Crippen LogP contribution in [-0.2, 0) is 11.3 Å². The number of amides is 1. The molecule has 1 saturated carbocycles. The minimum Gasteiger partial charge on any atom is -0.356 e. The van der Waals surface area contributed by atoms with Crippen molar-refractivity contribution in [2.75, 3.05) is 5.32 Å². The van der Waals surface area contributed by atoms with Crippen LogP contribution in [0.4, 0.5) is 10.1 Å². The third-order valence-corrected chi connectivity index (χ3v) is 8.91. The van der Waals surface area contributed by atoms with Crippen LogP contribution in [0.1, 0.15) is 43.7 Å². The Kier molecular flexibility index (Phi) is 6.98. The number of nitrogens with one attached hydrogen (secondary N) is 1. The largest absolute Gasteiger partial charge is 0.356 e. The first-order valence-corrected chi connectivity index (χ1v) is 14.3. The monoisotopic (exact) mass is 525 g/mol. The van der Waals surface area contributed by atoms with Gasteiger partial charge < -0.3 is 14.8 Å². The lowest BCUT2D eigenvalue weighted by molar-refractivity contribution is -0.129. The van der Waals surface area contributed by atoms with Crippen LogP contribution in [0.3, 0.4) is 0 Å². The second-order valence-electron chi connectivity index (χ2n) is 10.4. The van der Waals surface area contributed by atoms with Crippen molar-refractivity contribution in [1.29, 1.82) is 0 Å². The van der Waals surface area contributed by atoms with Crippen LogP contribution >= 0.6 is 11.8 Å². The van der Waals surface area contributed by atoms with Gasteiger partial charge in [-0.25, -0.2) is 4.39 Å². The second kappa shape index (κ2) is 10.7. The molecule has 2 fully saturated rings. The highest BCUT2D eigenvalue weighted by molar-refractivity contribution is 8.05. The molecule has 1 aliphatic carbocycles. The molecule has 3 aromatic carbocycles. The summed E-state index contributed by atoms with van der Waals surface area (Å²) >= 11 is 1.61. The molecule has 1 aliphatic heterocycles. The molecule has 6 rings (SSSR count). The quantitative estimate of drug-likeness (QED) is 0.262. The summed E-state index contributed by atoms with van der Waals surface area (Å²) < 4.78 is 15.6. The van der Waals surface area contributed by atoms with E-state index < -0.39 is 0 Å². The van der Waals surface area contributed by atoms with Gasteiger partial charge in [0.1, 0.15) is 5.82 Å². The summed E-state index contributed by atoms with van der Waals surface area (Å²) in [5, 5.41) is 4.73. The van der Waals surface area contributed by atoms with Gasteiger partial charge in [0.15, 0.2) is 5.50 Å². The SMILES string of the molecule is C[C@H]1CCCC[C@H]1N1C(=O)/C(=C/c2cn(Cc3ccc(F)cc3)c3ccccc23)SC1Nc1ccccc1. The van der Waals surface area contributed by atoms with Gasteiger partial charge in [-0.15, -0.1) is 0 Å². The summed E-state index contributed by atoms with van der Waals surface area (Å²) in [5.41, 5.74) is 4.02. The highest BCUT2D eigenvalue weighted by atomic mass is 32.2. The maximum atomic E-state index is 14.0. The first-order chi connectivity index (χ1) is 18.6. The van der Waals surface area contributed by atoms with Crippen molar-refractivity contribution < 1.29 is 9.18 Å². The van der Waals surface area contributed by atoms with Crippen molar-refractivity contribution in [3.05, 3.63) is 107 Å². The number of thioether (sulfide) groups is 1. The molecule has 0 spiro atoms. The molecule has 0 bridgehead atoms. The predicted molar refractivity (Wildman–Crippen MR) is 155 cm³/mol. The molecular weight excluding hydrogens is 493 g/mol. The van der Waals surface area contributed by atoms with Crippen molar-refractivity contribution in [3.8, 4) is 0 Å². The number of carbonyl (C=O) groups excluding carboxylic acids is 1. The number of rotatable bonds is 6.